The fraction of sp³-hybridized carbons (Fsp3) is 0.412. The first kappa shape index (κ1) is 15.2. The number of hydrogen-bond donors (Lipinski definition) is 0. The van der Waals surface area contributed by atoms with Crippen LogP contribution in [-0.4, -0.2) is 40.9 Å². The number of benzene rings is 1. The molecule has 0 bridgehead atoms. The van der Waals surface area contributed by atoms with Crippen LogP contribution in [0.1, 0.15) is 19.8 Å². The number of rotatable bonds is 3. The van der Waals surface area contributed by atoms with E-state index >= 15 is 0 Å². The molecule has 0 spiro atoms. The molecule has 1 saturated heterocycles. The maximum Gasteiger partial charge on any atom is 0.409 e. The molecule has 1 aliphatic rings. The van der Waals surface area contributed by atoms with Crippen LogP contribution >= 0.6 is 11.8 Å². The smallest absolute Gasteiger partial charge is 0.409 e. The largest absolute Gasteiger partial charge is 0.450 e. The molecule has 1 aliphatic heterocycles. The van der Waals surface area contributed by atoms with Crippen LogP contribution in [0, 0.1) is 0 Å². The van der Waals surface area contributed by atoms with Crippen LogP contribution in [0.3, 0.4) is 0 Å². The van der Waals surface area contributed by atoms with Crippen molar-refractivity contribution in [2.24, 2.45) is 0 Å². The zero-order chi connectivity index (χ0) is 15.4. The number of carbonyl (C=O) groups excluding carboxylic acids is 1. The quantitative estimate of drug-likeness (QED) is 0.860. The number of ether oxygens (including phenoxy) is 1. The van der Waals surface area contributed by atoms with Gasteiger partial charge in [-0.05, 0) is 31.2 Å². The predicted molar refractivity (Wildman–Crippen MR) is 89.2 cm³/mol. The third-order valence-corrected chi connectivity index (χ3v) is 5.24. The number of thioether (sulfide) groups is 1. The average molecular weight is 316 g/mol. The summed E-state index contributed by atoms with van der Waals surface area (Å²) in [6.45, 7) is 3.81. The maximum atomic E-state index is 11.7. The number of piperidine rings is 1. The Morgan fingerprint density at radius 2 is 2.09 bits per heavy atom. The molecule has 5 heteroatoms. The van der Waals surface area contributed by atoms with Gasteiger partial charge >= 0.3 is 6.09 Å². The van der Waals surface area contributed by atoms with Crippen LogP contribution in [0.4, 0.5) is 4.79 Å². The van der Waals surface area contributed by atoms with E-state index in [1.54, 1.807) is 4.90 Å². The van der Waals surface area contributed by atoms with Gasteiger partial charge in [-0.2, -0.15) is 0 Å². The standard InChI is InChI=1S/C17H20N2O2S/c1-2-21-17(20)19-11-8-14(9-12-19)22-16-15-6-4-3-5-13(15)7-10-18-16/h3-7,10,14H,2,8-9,11-12H2,1H3. The van der Waals surface area contributed by atoms with Crippen LogP contribution < -0.4 is 0 Å². The second kappa shape index (κ2) is 7.01. The maximum absolute atomic E-state index is 11.7. The second-order valence-electron chi connectivity index (χ2n) is 5.34. The molecule has 0 saturated carbocycles. The van der Waals surface area contributed by atoms with E-state index < -0.39 is 0 Å². The van der Waals surface area contributed by atoms with Gasteiger partial charge in [0.1, 0.15) is 5.03 Å². The number of pyridine rings is 1. The molecule has 0 atom stereocenters. The van der Waals surface area contributed by atoms with Gasteiger partial charge in [-0.1, -0.05) is 24.3 Å². The first-order chi connectivity index (χ1) is 10.8. The van der Waals surface area contributed by atoms with Crippen molar-refractivity contribution in [3.8, 4) is 0 Å². The minimum Gasteiger partial charge on any atom is -0.450 e. The van der Waals surface area contributed by atoms with Crippen LogP contribution in [0.15, 0.2) is 41.6 Å². The van der Waals surface area contributed by atoms with Gasteiger partial charge in [0.15, 0.2) is 0 Å². The number of carbonyl (C=O) groups is 1. The van der Waals surface area contributed by atoms with Crippen molar-refractivity contribution in [3.63, 3.8) is 0 Å². The lowest BCUT2D eigenvalue weighted by atomic mass is 10.1. The van der Waals surface area contributed by atoms with Gasteiger partial charge in [0.05, 0.1) is 6.61 Å². The lowest BCUT2D eigenvalue weighted by Gasteiger charge is -2.30. The van der Waals surface area contributed by atoms with Crippen LogP contribution in [0.2, 0.25) is 0 Å². The summed E-state index contributed by atoms with van der Waals surface area (Å²) in [5, 5.41) is 4.03. The Labute approximate surface area is 134 Å². The Hall–Kier alpha value is -1.75. The number of amides is 1. The van der Waals surface area contributed by atoms with E-state index in [2.05, 4.69) is 29.2 Å². The van der Waals surface area contributed by atoms with Gasteiger partial charge in [0.25, 0.3) is 0 Å². The molecule has 0 radical (unpaired) electrons. The van der Waals surface area contributed by atoms with E-state index in [1.165, 1.54) is 10.8 Å². The topological polar surface area (TPSA) is 42.4 Å². The molecule has 1 aromatic heterocycles. The van der Waals surface area contributed by atoms with Crippen LogP contribution in [0.5, 0.6) is 0 Å². The fourth-order valence-corrected chi connectivity index (χ4v) is 3.91. The molecule has 1 fully saturated rings. The lowest BCUT2D eigenvalue weighted by molar-refractivity contribution is 0.100. The van der Waals surface area contributed by atoms with Gasteiger partial charge in [-0.15, -0.1) is 11.8 Å². The molecule has 22 heavy (non-hydrogen) atoms. The molecule has 0 aliphatic carbocycles. The minimum atomic E-state index is -0.186. The van der Waals surface area contributed by atoms with E-state index in [-0.39, 0.29) is 6.09 Å². The Morgan fingerprint density at radius 3 is 2.86 bits per heavy atom. The second-order valence-corrected chi connectivity index (χ2v) is 6.63. The molecule has 0 unspecified atom stereocenters. The zero-order valence-electron chi connectivity index (χ0n) is 12.7. The number of fused-ring (bicyclic) bond motifs is 1. The fourth-order valence-electron chi connectivity index (χ4n) is 2.71. The molecule has 116 valence electrons. The SMILES string of the molecule is CCOC(=O)N1CCC(Sc2nccc3ccccc23)CC1. The molecule has 1 aromatic carbocycles. The Kier molecular flexibility index (Phi) is 4.83. The summed E-state index contributed by atoms with van der Waals surface area (Å²) >= 11 is 1.83. The summed E-state index contributed by atoms with van der Waals surface area (Å²) in [7, 11) is 0. The average Bonchev–Trinajstić information content (AvgIpc) is 2.56. The lowest BCUT2D eigenvalue weighted by Crippen LogP contribution is -2.39. The van der Waals surface area contributed by atoms with Crippen molar-refractivity contribution in [3.05, 3.63) is 36.5 Å². The van der Waals surface area contributed by atoms with E-state index in [9.17, 15) is 4.79 Å². The zero-order valence-corrected chi connectivity index (χ0v) is 13.5. The third-order valence-electron chi connectivity index (χ3n) is 3.88. The van der Waals surface area contributed by atoms with Gasteiger partial charge in [0.2, 0.25) is 0 Å². The van der Waals surface area contributed by atoms with Crippen LogP contribution in [-0.2, 0) is 4.74 Å². The van der Waals surface area contributed by atoms with Gasteiger partial charge < -0.3 is 9.64 Å². The number of nitrogens with zero attached hydrogens (tertiary/aromatic N) is 2. The van der Waals surface area contributed by atoms with Crippen molar-refractivity contribution in [1.29, 1.82) is 0 Å². The van der Waals surface area contributed by atoms with Crippen molar-refractivity contribution >= 4 is 28.6 Å². The molecule has 0 N–H and O–H groups in total. The first-order valence-corrected chi connectivity index (χ1v) is 8.58. The van der Waals surface area contributed by atoms with Gasteiger partial charge in [-0.25, -0.2) is 9.78 Å². The molecule has 1 amide bonds. The highest BCUT2D eigenvalue weighted by molar-refractivity contribution is 8.00. The first-order valence-electron chi connectivity index (χ1n) is 7.70. The van der Waals surface area contributed by atoms with Crippen molar-refractivity contribution in [2.45, 2.75) is 30.0 Å². The highest BCUT2D eigenvalue weighted by Crippen LogP contribution is 2.33. The summed E-state index contributed by atoms with van der Waals surface area (Å²) in [6, 6.07) is 10.4. The normalized spacial score (nSPS) is 16.0. The summed E-state index contributed by atoms with van der Waals surface area (Å²) in [6.07, 6.45) is 3.65. The van der Waals surface area contributed by atoms with E-state index in [4.69, 9.17) is 4.74 Å². The van der Waals surface area contributed by atoms with Gasteiger partial charge in [0, 0.05) is 29.9 Å². The highest BCUT2D eigenvalue weighted by atomic mass is 32.2. The molecule has 3 rings (SSSR count). The Bertz CT molecular complexity index is 649. The van der Waals surface area contributed by atoms with Crippen molar-refractivity contribution < 1.29 is 9.53 Å². The number of likely N-dealkylation sites (tertiary alicyclic amines) is 1. The number of hydrogen-bond acceptors (Lipinski definition) is 4. The van der Waals surface area contributed by atoms with E-state index in [1.807, 2.05) is 30.9 Å². The molecule has 4 nitrogen and oxygen atoms in total. The highest BCUT2D eigenvalue weighted by Gasteiger charge is 2.24. The molecular formula is C17H20N2O2S. The predicted octanol–water partition coefficient (Wildman–Crippen LogP) is 3.95. The summed E-state index contributed by atoms with van der Waals surface area (Å²) in [5.74, 6) is 0. The molecule has 2 heterocycles. The van der Waals surface area contributed by atoms with Gasteiger partial charge in [-0.3, -0.25) is 0 Å². The van der Waals surface area contributed by atoms with E-state index in [0.717, 1.165) is 31.0 Å². The van der Waals surface area contributed by atoms with Crippen molar-refractivity contribution in [2.75, 3.05) is 19.7 Å². The monoisotopic (exact) mass is 316 g/mol. The number of aromatic nitrogens is 1. The Balaban J connectivity index is 1.64. The Morgan fingerprint density at radius 1 is 1.32 bits per heavy atom. The summed E-state index contributed by atoms with van der Waals surface area (Å²) < 4.78 is 5.06. The molecule has 2 aromatic rings. The third kappa shape index (κ3) is 3.35. The summed E-state index contributed by atoms with van der Waals surface area (Å²) in [4.78, 5) is 18.1. The minimum absolute atomic E-state index is 0.186. The van der Waals surface area contributed by atoms with Crippen LogP contribution in [0.25, 0.3) is 10.8 Å². The van der Waals surface area contributed by atoms with Crippen molar-refractivity contribution in [1.82, 2.24) is 9.88 Å². The summed E-state index contributed by atoms with van der Waals surface area (Å²) in [5.41, 5.74) is 0. The molecular weight excluding hydrogens is 296 g/mol. The van der Waals surface area contributed by atoms with E-state index in [0.29, 0.717) is 11.9 Å².